The molecule has 0 saturated carbocycles. The van der Waals surface area contributed by atoms with E-state index in [1.54, 1.807) is 12.1 Å². The second-order valence-electron chi connectivity index (χ2n) is 4.39. The Labute approximate surface area is 109 Å². The van der Waals surface area contributed by atoms with Crippen molar-refractivity contribution in [3.05, 3.63) is 47.6 Å². The highest BCUT2D eigenvalue weighted by atomic mass is 32.2. The number of fused-ring (bicyclic) bond motifs is 1. The number of carbonyl (C=O) groups excluding carboxylic acids is 1. The number of carbonyl (C=O) groups is 1. The molecule has 1 aliphatic heterocycles. The fourth-order valence-corrected chi connectivity index (χ4v) is 3.23. The van der Waals surface area contributed by atoms with E-state index in [-0.39, 0.29) is 11.5 Å². The van der Waals surface area contributed by atoms with E-state index < -0.39 is 21.8 Å². The van der Waals surface area contributed by atoms with E-state index in [0.717, 1.165) is 10.8 Å². The summed E-state index contributed by atoms with van der Waals surface area (Å²) in [7, 11) is -3.17. The monoisotopic (exact) mass is 277 g/mol. The highest BCUT2D eigenvalue weighted by Gasteiger charge is 2.24. The Kier molecular flexibility index (Phi) is 2.67. The summed E-state index contributed by atoms with van der Waals surface area (Å²) in [5.41, 5.74) is 0.627. The Bertz CT molecular complexity index is 740. The topological polar surface area (TPSA) is 76.4 Å². The maximum Gasteiger partial charge on any atom is 0.287 e. The standard InChI is InChI=1S/C13H11NO4S/c15-13(14-10-5-6-19(16,17)8-10)12-7-9-3-1-2-4-11(9)18-12/h1-7,10H,8H2,(H,14,15)/t10-/m0/s1. The van der Waals surface area contributed by atoms with Crippen molar-refractivity contribution in [3.8, 4) is 0 Å². The van der Waals surface area contributed by atoms with Gasteiger partial charge in [0.2, 0.25) is 0 Å². The van der Waals surface area contributed by atoms with Gasteiger partial charge in [0, 0.05) is 10.8 Å². The Morgan fingerprint density at radius 2 is 2.11 bits per heavy atom. The quantitative estimate of drug-likeness (QED) is 0.902. The van der Waals surface area contributed by atoms with Gasteiger partial charge in [-0.3, -0.25) is 4.79 Å². The normalized spacial score (nSPS) is 20.7. The van der Waals surface area contributed by atoms with Crippen LogP contribution in [0.2, 0.25) is 0 Å². The summed E-state index contributed by atoms with van der Waals surface area (Å²) >= 11 is 0. The SMILES string of the molecule is O=C(N[C@H]1C=CS(=O)(=O)C1)c1cc2ccccc2o1. The number of amides is 1. The van der Waals surface area contributed by atoms with Crippen LogP contribution >= 0.6 is 0 Å². The zero-order valence-corrected chi connectivity index (χ0v) is 10.7. The van der Waals surface area contributed by atoms with Gasteiger partial charge in [-0.2, -0.15) is 0 Å². The zero-order chi connectivity index (χ0) is 13.5. The molecule has 1 aliphatic rings. The molecule has 0 aliphatic carbocycles. The van der Waals surface area contributed by atoms with Crippen molar-refractivity contribution in [2.45, 2.75) is 6.04 Å². The number of hydrogen-bond acceptors (Lipinski definition) is 4. The van der Waals surface area contributed by atoms with Crippen molar-refractivity contribution in [2.24, 2.45) is 0 Å². The summed E-state index contributed by atoms with van der Waals surface area (Å²) in [5.74, 6) is -0.333. The lowest BCUT2D eigenvalue weighted by molar-refractivity contribution is 0.0922. The van der Waals surface area contributed by atoms with Crippen molar-refractivity contribution in [2.75, 3.05) is 5.75 Å². The molecule has 19 heavy (non-hydrogen) atoms. The molecule has 3 rings (SSSR count). The molecule has 1 aromatic carbocycles. The molecule has 2 heterocycles. The molecule has 0 spiro atoms. The van der Waals surface area contributed by atoms with Crippen LogP contribution in [-0.4, -0.2) is 26.1 Å². The first-order chi connectivity index (χ1) is 9.03. The third kappa shape index (κ3) is 2.39. The van der Waals surface area contributed by atoms with Crippen molar-refractivity contribution < 1.29 is 17.6 Å². The summed E-state index contributed by atoms with van der Waals surface area (Å²) in [4.78, 5) is 11.9. The third-order valence-corrected chi connectivity index (χ3v) is 4.29. The Hall–Kier alpha value is -2.08. The van der Waals surface area contributed by atoms with E-state index in [0.29, 0.717) is 5.58 Å². The highest BCUT2D eigenvalue weighted by molar-refractivity contribution is 7.94. The van der Waals surface area contributed by atoms with Gasteiger partial charge < -0.3 is 9.73 Å². The first-order valence-corrected chi connectivity index (χ1v) is 7.45. The van der Waals surface area contributed by atoms with E-state index in [1.807, 2.05) is 18.2 Å². The molecular formula is C13H11NO4S. The largest absolute Gasteiger partial charge is 0.451 e. The predicted molar refractivity (Wildman–Crippen MR) is 70.4 cm³/mol. The maximum absolute atomic E-state index is 11.9. The van der Waals surface area contributed by atoms with Gasteiger partial charge >= 0.3 is 0 Å². The predicted octanol–water partition coefficient (Wildman–Crippen LogP) is 1.47. The molecule has 5 nitrogen and oxygen atoms in total. The van der Waals surface area contributed by atoms with Gasteiger partial charge in [0.15, 0.2) is 15.6 Å². The first-order valence-electron chi connectivity index (χ1n) is 5.74. The fraction of sp³-hybridized carbons (Fsp3) is 0.154. The van der Waals surface area contributed by atoms with Gasteiger partial charge in [-0.05, 0) is 18.2 Å². The number of para-hydroxylation sites is 1. The lowest BCUT2D eigenvalue weighted by Gasteiger charge is -2.07. The van der Waals surface area contributed by atoms with Crippen molar-refractivity contribution in [1.29, 1.82) is 0 Å². The van der Waals surface area contributed by atoms with Gasteiger partial charge in [0.05, 0.1) is 11.8 Å². The van der Waals surface area contributed by atoms with E-state index >= 15 is 0 Å². The van der Waals surface area contributed by atoms with Crippen LogP contribution in [0.15, 0.2) is 46.2 Å². The van der Waals surface area contributed by atoms with Crippen LogP contribution in [0.5, 0.6) is 0 Å². The minimum atomic E-state index is -3.17. The fourth-order valence-electron chi connectivity index (χ4n) is 2.00. The van der Waals surface area contributed by atoms with Crippen LogP contribution in [0, 0.1) is 0 Å². The van der Waals surface area contributed by atoms with Crippen molar-refractivity contribution >= 4 is 26.7 Å². The van der Waals surface area contributed by atoms with Gasteiger partial charge in [-0.15, -0.1) is 0 Å². The smallest absolute Gasteiger partial charge is 0.287 e. The second-order valence-corrected chi connectivity index (χ2v) is 6.32. The number of furan rings is 1. The van der Waals surface area contributed by atoms with Crippen LogP contribution in [0.3, 0.4) is 0 Å². The molecule has 6 heteroatoms. The summed E-state index contributed by atoms with van der Waals surface area (Å²) in [5, 5.41) is 4.57. The summed E-state index contributed by atoms with van der Waals surface area (Å²) in [6, 6.07) is 8.43. The van der Waals surface area contributed by atoms with Gasteiger partial charge in [-0.25, -0.2) is 8.42 Å². The van der Waals surface area contributed by atoms with E-state index in [2.05, 4.69) is 5.32 Å². The average Bonchev–Trinajstić information content (AvgIpc) is 2.92. The number of sulfone groups is 1. The molecule has 2 aromatic rings. The Morgan fingerprint density at radius 3 is 2.79 bits per heavy atom. The van der Waals surface area contributed by atoms with Crippen LogP contribution in [0.25, 0.3) is 11.0 Å². The van der Waals surface area contributed by atoms with Crippen LogP contribution in [-0.2, 0) is 9.84 Å². The minimum Gasteiger partial charge on any atom is -0.451 e. The zero-order valence-electron chi connectivity index (χ0n) is 9.87. The molecular weight excluding hydrogens is 266 g/mol. The van der Waals surface area contributed by atoms with Crippen molar-refractivity contribution in [1.82, 2.24) is 5.32 Å². The third-order valence-electron chi connectivity index (χ3n) is 2.90. The number of rotatable bonds is 2. The lowest BCUT2D eigenvalue weighted by atomic mass is 10.2. The molecule has 0 bridgehead atoms. The van der Waals surface area contributed by atoms with Crippen LogP contribution in [0.1, 0.15) is 10.6 Å². The van der Waals surface area contributed by atoms with Gasteiger partial charge in [0.1, 0.15) is 5.58 Å². The second kappa shape index (κ2) is 4.24. The Balaban J connectivity index is 1.79. The minimum absolute atomic E-state index is 0.0982. The van der Waals surface area contributed by atoms with E-state index in [4.69, 9.17) is 4.42 Å². The number of hydrogen-bond donors (Lipinski definition) is 1. The van der Waals surface area contributed by atoms with Crippen LogP contribution in [0.4, 0.5) is 0 Å². The molecule has 1 amide bonds. The molecule has 0 radical (unpaired) electrons. The average molecular weight is 277 g/mol. The lowest BCUT2D eigenvalue weighted by Crippen LogP contribution is -2.35. The molecule has 0 fully saturated rings. The summed E-state index contributed by atoms with van der Waals surface area (Å²) < 4.78 is 27.9. The summed E-state index contributed by atoms with van der Waals surface area (Å²) in [6.45, 7) is 0. The molecule has 98 valence electrons. The molecule has 0 saturated heterocycles. The number of nitrogens with one attached hydrogen (secondary N) is 1. The maximum atomic E-state index is 11.9. The molecule has 1 atom stereocenters. The Morgan fingerprint density at radius 1 is 1.32 bits per heavy atom. The van der Waals surface area contributed by atoms with Crippen molar-refractivity contribution in [3.63, 3.8) is 0 Å². The number of benzene rings is 1. The van der Waals surface area contributed by atoms with Gasteiger partial charge in [0.25, 0.3) is 5.91 Å². The summed E-state index contributed by atoms with van der Waals surface area (Å²) in [6.07, 6.45) is 1.47. The van der Waals surface area contributed by atoms with E-state index in [9.17, 15) is 13.2 Å². The highest BCUT2D eigenvalue weighted by Crippen LogP contribution is 2.19. The van der Waals surface area contributed by atoms with Crippen LogP contribution < -0.4 is 5.32 Å². The molecule has 0 unspecified atom stereocenters. The van der Waals surface area contributed by atoms with Gasteiger partial charge in [-0.1, -0.05) is 18.2 Å². The van der Waals surface area contributed by atoms with E-state index in [1.165, 1.54) is 6.08 Å². The first kappa shape index (κ1) is 12.0. The molecule has 1 aromatic heterocycles. The molecule has 1 N–H and O–H groups in total.